The van der Waals surface area contributed by atoms with Gasteiger partial charge in [0.1, 0.15) is 0 Å². The molecular weight excluding hydrogens is 332 g/mol. The molecule has 132 valence electrons. The number of pyridine rings is 1. The maximum absolute atomic E-state index is 12.4. The Hall–Kier alpha value is -1.79. The third-order valence-corrected chi connectivity index (χ3v) is 5.95. The summed E-state index contributed by atoms with van der Waals surface area (Å²) in [4.78, 5) is 23.6. The van der Waals surface area contributed by atoms with E-state index in [0.29, 0.717) is 5.92 Å². The summed E-state index contributed by atoms with van der Waals surface area (Å²) >= 11 is 1.53. The van der Waals surface area contributed by atoms with Crippen LogP contribution in [0.15, 0.2) is 29.9 Å². The average molecular weight is 356 g/mol. The minimum atomic E-state index is 0.0551. The van der Waals surface area contributed by atoms with E-state index in [1.807, 2.05) is 18.3 Å². The number of piperidine rings is 1. The third kappa shape index (κ3) is 4.07. The molecule has 1 saturated carbocycles. The van der Waals surface area contributed by atoms with Crippen LogP contribution in [0, 0.1) is 11.8 Å². The number of nitrogens with zero attached hydrogens (tertiary/aromatic N) is 3. The summed E-state index contributed by atoms with van der Waals surface area (Å²) in [6.07, 6.45) is 7.13. The number of carbonyl (C=O) groups is 1. The molecule has 0 unspecified atom stereocenters. The highest BCUT2D eigenvalue weighted by molar-refractivity contribution is 7.13. The summed E-state index contributed by atoms with van der Waals surface area (Å²) < 4.78 is 0. The van der Waals surface area contributed by atoms with E-state index < -0.39 is 0 Å². The quantitative estimate of drug-likeness (QED) is 0.891. The lowest BCUT2D eigenvalue weighted by Crippen LogP contribution is -2.33. The zero-order valence-electron chi connectivity index (χ0n) is 14.5. The third-order valence-electron chi connectivity index (χ3n) is 5.15. The fraction of sp³-hybridized carbons (Fsp3) is 0.526. The van der Waals surface area contributed by atoms with Crippen LogP contribution in [0.2, 0.25) is 0 Å². The zero-order valence-corrected chi connectivity index (χ0v) is 15.3. The Morgan fingerprint density at radius 1 is 1.48 bits per heavy atom. The van der Waals surface area contributed by atoms with Crippen LogP contribution in [0.4, 0.5) is 5.13 Å². The van der Waals surface area contributed by atoms with E-state index in [0.717, 1.165) is 48.4 Å². The van der Waals surface area contributed by atoms with Crippen LogP contribution in [0.5, 0.6) is 0 Å². The van der Waals surface area contributed by atoms with Gasteiger partial charge in [0.05, 0.1) is 5.69 Å². The van der Waals surface area contributed by atoms with E-state index in [4.69, 9.17) is 0 Å². The van der Waals surface area contributed by atoms with Crippen LogP contribution >= 0.6 is 11.3 Å². The molecule has 1 aliphatic heterocycles. The number of rotatable bonds is 5. The molecule has 1 saturated heterocycles. The first-order valence-corrected chi connectivity index (χ1v) is 9.94. The van der Waals surface area contributed by atoms with Gasteiger partial charge in [-0.25, -0.2) is 4.98 Å². The van der Waals surface area contributed by atoms with Crippen molar-refractivity contribution in [1.82, 2.24) is 14.9 Å². The number of thiazole rings is 1. The topological polar surface area (TPSA) is 58.1 Å². The van der Waals surface area contributed by atoms with Gasteiger partial charge < -0.3 is 5.32 Å². The fourth-order valence-electron chi connectivity index (χ4n) is 3.74. The van der Waals surface area contributed by atoms with Crippen LogP contribution in [0.3, 0.4) is 0 Å². The number of hydrogen-bond donors (Lipinski definition) is 1. The lowest BCUT2D eigenvalue weighted by molar-refractivity contribution is -0.117. The Morgan fingerprint density at radius 3 is 3.20 bits per heavy atom. The molecule has 1 aliphatic carbocycles. The van der Waals surface area contributed by atoms with Gasteiger partial charge in [-0.1, -0.05) is 13.0 Å². The second kappa shape index (κ2) is 7.22. The number of carbonyl (C=O) groups excluding carboxylic acids is 1. The van der Waals surface area contributed by atoms with Crippen molar-refractivity contribution in [3.8, 4) is 0 Å². The van der Waals surface area contributed by atoms with Crippen LogP contribution in [0.25, 0.3) is 0 Å². The van der Waals surface area contributed by atoms with E-state index in [-0.39, 0.29) is 11.8 Å². The SMILES string of the molecule is C[C@@H]1CCCN(Cc2csc(NC(=O)[C@@H]3C[C@H]3c3cccnc3)n2)C1. The van der Waals surface area contributed by atoms with Gasteiger partial charge in [0.15, 0.2) is 5.13 Å². The summed E-state index contributed by atoms with van der Waals surface area (Å²) in [6, 6.07) is 3.98. The number of anilines is 1. The number of aromatic nitrogens is 2. The van der Waals surface area contributed by atoms with Crippen molar-refractivity contribution in [3.63, 3.8) is 0 Å². The Balaban J connectivity index is 1.30. The summed E-state index contributed by atoms with van der Waals surface area (Å²) in [5, 5.41) is 5.79. The summed E-state index contributed by atoms with van der Waals surface area (Å²) in [5.74, 6) is 1.22. The van der Waals surface area contributed by atoms with Gasteiger partial charge in [-0.3, -0.25) is 14.7 Å². The highest BCUT2D eigenvalue weighted by Crippen LogP contribution is 2.47. The van der Waals surface area contributed by atoms with Crippen molar-refractivity contribution in [3.05, 3.63) is 41.2 Å². The number of amides is 1. The van der Waals surface area contributed by atoms with Crippen molar-refractivity contribution in [2.75, 3.05) is 18.4 Å². The summed E-state index contributed by atoms with van der Waals surface area (Å²) in [6.45, 7) is 5.50. The minimum absolute atomic E-state index is 0.0551. The molecule has 2 aromatic rings. The average Bonchev–Trinajstić information content (AvgIpc) is 3.31. The van der Waals surface area contributed by atoms with Gasteiger partial charge in [-0.05, 0) is 49.3 Å². The van der Waals surface area contributed by atoms with E-state index in [9.17, 15) is 4.79 Å². The van der Waals surface area contributed by atoms with Crippen LogP contribution < -0.4 is 5.32 Å². The standard InChI is InChI=1S/C19H24N4OS/c1-13-4-3-7-23(10-13)11-15-12-25-19(21-15)22-18(24)17-8-16(17)14-5-2-6-20-9-14/h2,5-6,9,12-13,16-17H,3-4,7-8,10-11H2,1H3,(H,21,22,24)/t13-,16+,17-/m1/s1. The predicted molar refractivity (Wildman–Crippen MR) is 99.5 cm³/mol. The molecule has 3 heterocycles. The van der Waals surface area contributed by atoms with Crippen molar-refractivity contribution in [2.45, 2.75) is 38.6 Å². The molecular formula is C19H24N4OS. The van der Waals surface area contributed by atoms with Crippen molar-refractivity contribution in [2.24, 2.45) is 11.8 Å². The van der Waals surface area contributed by atoms with Gasteiger partial charge in [0.2, 0.25) is 5.91 Å². The molecule has 0 spiro atoms. The monoisotopic (exact) mass is 356 g/mol. The highest BCUT2D eigenvalue weighted by Gasteiger charge is 2.44. The maximum atomic E-state index is 12.4. The van der Waals surface area contributed by atoms with Crippen molar-refractivity contribution < 1.29 is 4.79 Å². The molecule has 4 rings (SSSR count). The van der Waals surface area contributed by atoms with E-state index >= 15 is 0 Å². The van der Waals surface area contributed by atoms with Gasteiger partial charge >= 0.3 is 0 Å². The number of nitrogens with one attached hydrogen (secondary N) is 1. The normalized spacial score (nSPS) is 26.4. The summed E-state index contributed by atoms with van der Waals surface area (Å²) in [7, 11) is 0. The molecule has 0 bridgehead atoms. The second-order valence-corrected chi connectivity index (χ2v) is 8.21. The highest BCUT2D eigenvalue weighted by atomic mass is 32.1. The molecule has 2 aromatic heterocycles. The van der Waals surface area contributed by atoms with E-state index in [1.54, 1.807) is 6.20 Å². The Bertz CT molecular complexity index is 732. The first-order valence-electron chi connectivity index (χ1n) is 9.06. The van der Waals surface area contributed by atoms with Gasteiger partial charge in [0.25, 0.3) is 0 Å². The lowest BCUT2D eigenvalue weighted by atomic mass is 10.0. The molecule has 5 nitrogen and oxygen atoms in total. The van der Waals surface area contributed by atoms with Crippen LogP contribution in [0.1, 0.15) is 43.4 Å². The minimum Gasteiger partial charge on any atom is -0.302 e. The second-order valence-electron chi connectivity index (χ2n) is 7.35. The maximum Gasteiger partial charge on any atom is 0.229 e. The van der Waals surface area contributed by atoms with Gasteiger partial charge in [-0.15, -0.1) is 11.3 Å². The molecule has 1 N–H and O–H groups in total. The fourth-order valence-corrected chi connectivity index (χ4v) is 4.45. The molecule has 0 radical (unpaired) electrons. The Kier molecular flexibility index (Phi) is 4.81. The smallest absolute Gasteiger partial charge is 0.229 e. The molecule has 25 heavy (non-hydrogen) atoms. The Labute approximate surface area is 152 Å². The van der Waals surface area contributed by atoms with Crippen LogP contribution in [-0.4, -0.2) is 33.9 Å². The first kappa shape index (κ1) is 16.7. The van der Waals surface area contributed by atoms with Gasteiger partial charge in [0, 0.05) is 36.8 Å². The number of hydrogen-bond acceptors (Lipinski definition) is 5. The van der Waals surface area contributed by atoms with Crippen LogP contribution in [-0.2, 0) is 11.3 Å². The van der Waals surface area contributed by atoms with E-state index in [2.05, 4.69) is 32.5 Å². The molecule has 2 fully saturated rings. The molecule has 0 aromatic carbocycles. The lowest BCUT2D eigenvalue weighted by Gasteiger charge is -2.30. The Morgan fingerprint density at radius 2 is 2.40 bits per heavy atom. The molecule has 2 aliphatic rings. The largest absolute Gasteiger partial charge is 0.302 e. The molecule has 1 amide bonds. The van der Waals surface area contributed by atoms with Crippen molar-refractivity contribution in [1.29, 1.82) is 0 Å². The predicted octanol–water partition coefficient (Wildman–Crippen LogP) is 3.51. The van der Waals surface area contributed by atoms with E-state index in [1.165, 1.54) is 24.2 Å². The summed E-state index contributed by atoms with van der Waals surface area (Å²) in [5.41, 5.74) is 2.22. The van der Waals surface area contributed by atoms with Gasteiger partial charge in [-0.2, -0.15) is 0 Å². The molecule has 6 heteroatoms. The number of likely N-dealkylation sites (tertiary alicyclic amines) is 1. The first-order chi connectivity index (χ1) is 12.2. The van der Waals surface area contributed by atoms with Crippen molar-refractivity contribution >= 4 is 22.4 Å². The zero-order chi connectivity index (χ0) is 17.2. The molecule has 3 atom stereocenters.